The fraction of sp³-hybridized carbons (Fsp3) is 0.600. The van der Waals surface area contributed by atoms with Crippen LogP contribution < -0.4 is 4.72 Å². The van der Waals surface area contributed by atoms with Crippen LogP contribution in [0.3, 0.4) is 0 Å². The smallest absolute Gasteiger partial charge is 0.240 e. The highest BCUT2D eigenvalue weighted by Crippen LogP contribution is 2.22. The molecule has 0 amide bonds. The number of aryl methyl sites for hydroxylation is 1. The lowest BCUT2D eigenvalue weighted by molar-refractivity contribution is 0.00567. The van der Waals surface area contributed by atoms with Gasteiger partial charge in [-0.15, -0.1) is 0 Å². The summed E-state index contributed by atoms with van der Waals surface area (Å²) in [7, 11) is -3.60. The second-order valence-corrected chi connectivity index (χ2v) is 7.79. The summed E-state index contributed by atoms with van der Waals surface area (Å²) in [5, 5.41) is 10.5. The van der Waals surface area contributed by atoms with E-state index in [1.165, 1.54) is 12.1 Å². The highest BCUT2D eigenvalue weighted by Gasteiger charge is 2.22. The molecule has 0 aliphatic carbocycles. The Balaban J connectivity index is 1.88. The van der Waals surface area contributed by atoms with E-state index >= 15 is 0 Å². The van der Waals surface area contributed by atoms with Gasteiger partial charge in [0.05, 0.1) is 11.0 Å². The first-order chi connectivity index (χ1) is 10.4. The molecular weight excluding hydrogens is 326 g/mol. The zero-order chi connectivity index (χ0) is 16.2. The average Bonchev–Trinajstić information content (AvgIpc) is 2.50. The monoisotopic (exact) mass is 347 g/mol. The van der Waals surface area contributed by atoms with Gasteiger partial charge in [0.15, 0.2) is 0 Å². The average molecular weight is 348 g/mol. The van der Waals surface area contributed by atoms with E-state index in [2.05, 4.69) is 4.72 Å². The Morgan fingerprint density at radius 3 is 2.73 bits per heavy atom. The van der Waals surface area contributed by atoms with Gasteiger partial charge in [-0.2, -0.15) is 0 Å². The molecule has 22 heavy (non-hydrogen) atoms. The molecule has 1 aliphatic rings. The normalized spacial score (nSPS) is 18.3. The number of sulfonamides is 1. The van der Waals surface area contributed by atoms with Crippen molar-refractivity contribution in [3.63, 3.8) is 0 Å². The molecule has 124 valence electrons. The second-order valence-electron chi connectivity index (χ2n) is 5.61. The van der Waals surface area contributed by atoms with E-state index in [9.17, 15) is 13.5 Å². The summed E-state index contributed by atoms with van der Waals surface area (Å²) in [4.78, 5) is 0.142. The van der Waals surface area contributed by atoms with E-state index in [-0.39, 0.29) is 17.4 Å². The van der Waals surface area contributed by atoms with Gasteiger partial charge < -0.3 is 9.84 Å². The van der Waals surface area contributed by atoms with Crippen LogP contribution in [0.15, 0.2) is 23.1 Å². The maximum absolute atomic E-state index is 12.2. The zero-order valence-corrected chi connectivity index (χ0v) is 14.2. The lowest BCUT2D eigenvalue weighted by Crippen LogP contribution is -2.32. The molecular formula is C15H22ClNO4S. The van der Waals surface area contributed by atoms with Gasteiger partial charge in [-0.05, 0) is 49.8 Å². The van der Waals surface area contributed by atoms with Crippen LogP contribution in [-0.4, -0.2) is 39.4 Å². The van der Waals surface area contributed by atoms with E-state index in [4.69, 9.17) is 16.3 Å². The minimum absolute atomic E-state index is 0.142. The number of benzene rings is 1. The summed E-state index contributed by atoms with van der Waals surface area (Å²) in [6.07, 6.45) is 1.53. The SMILES string of the molecule is Cc1ccc(S(=O)(=O)NCC[C@H](O)C2CCOCC2)cc1Cl. The van der Waals surface area contributed by atoms with Crippen LogP contribution in [0.5, 0.6) is 0 Å². The van der Waals surface area contributed by atoms with Crippen molar-refractivity contribution in [2.24, 2.45) is 5.92 Å². The predicted molar refractivity (Wildman–Crippen MR) is 85.5 cm³/mol. The zero-order valence-electron chi connectivity index (χ0n) is 12.6. The molecule has 0 radical (unpaired) electrons. The van der Waals surface area contributed by atoms with Crippen molar-refractivity contribution in [3.8, 4) is 0 Å². The predicted octanol–water partition coefficient (Wildman–Crippen LogP) is 2.10. The molecule has 1 saturated heterocycles. The van der Waals surface area contributed by atoms with Crippen LogP contribution in [0, 0.1) is 12.8 Å². The van der Waals surface area contributed by atoms with E-state index in [0.717, 1.165) is 18.4 Å². The third-order valence-corrected chi connectivity index (χ3v) is 5.86. The quantitative estimate of drug-likeness (QED) is 0.826. The Labute approximate surface area is 136 Å². The summed E-state index contributed by atoms with van der Waals surface area (Å²) in [6, 6.07) is 4.64. The number of hydrogen-bond donors (Lipinski definition) is 2. The molecule has 0 spiro atoms. The minimum atomic E-state index is -3.60. The lowest BCUT2D eigenvalue weighted by atomic mass is 9.92. The summed E-state index contributed by atoms with van der Waals surface area (Å²) in [5.41, 5.74) is 0.829. The Morgan fingerprint density at radius 2 is 2.09 bits per heavy atom. The van der Waals surface area contributed by atoms with Crippen LogP contribution in [-0.2, 0) is 14.8 Å². The summed E-state index contributed by atoms with van der Waals surface area (Å²) >= 11 is 5.96. The van der Waals surface area contributed by atoms with Gasteiger partial charge in [0.1, 0.15) is 0 Å². The standard InChI is InChI=1S/C15H22ClNO4S/c1-11-2-3-13(10-14(11)16)22(19,20)17-7-4-15(18)12-5-8-21-9-6-12/h2-3,10,12,15,17-18H,4-9H2,1H3/t15-/m0/s1. The van der Waals surface area contributed by atoms with Gasteiger partial charge in [0.2, 0.25) is 10.0 Å². The second kappa shape index (κ2) is 7.75. The molecule has 1 heterocycles. The molecule has 0 saturated carbocycles. The molecule has 1 aromatic rings. The number of halogens is 1. The van der Waals surface area contributed by atoms with Crippen molar-refractivity contribution in [2.45, 2.75) is 37.2 Å². The number of nitrogens with one attached hydrogen (secondary N) is 1. The first-order valence-electron chi connectivity index (χ1n) is 7.42. The number of ether oxygens (including phenoxy) is 1. The van der Waals surface area contributed by atoms with Gasteiger partial charge in [-0.3, -0.25) is 0 Å². The van der Waals surface area contributed by atoms with E-state index < -0.39 is 16.1 Å². The molecule has 0 bridgehead atoms. The lowest BCUT2D eigenvalue weighted by Gasteiger charge is -2.26. The largest absolute Gasteiger partial charge is 0.393 e. The van der Waals surface area contributed by atoms with Gasteiger partial charge in [-0.1, -0.05) is 17.7 Å². The summed E-state index contributed by atoms with van der Waals surface area (Å²) in [6.45, 7) is 3.34. The van der Waals surface area contributed by atoms with Crippen molar-refractivity contribution in [1.82, 2.24) is 4.72 Å². The Hall–Kier alpha value is -0.660. The van der Waals surface area contributed by atoms with Crippen molar-refractivity contribution in [2.75, 3.05) is 19.8 Å². The molecule has 1 aromatic carbocycles. The number of aliphatic hydroxyl groups is 1. The van der Waals surface area contributed by atoms with E-state index in [1.54, 1.807) is 6.07 Å². The highest BCUT2D eigenvalue weighted by molar-refractivity contribution is 7.89. The Morgan fingerprint density at radius 1 is 1.41 bits per heavy atom. The molecule has 1 atom stereocenters. The molecule has 0 aromatic heterocycles. The minimum Gasteiger partial charge on any atom is -0.393 e. The molecule has 5 nitrogen and oxygen atoms in total. The topological polar surface area (TPSA) is 75.6 Å². The molecule has 2 N–H and O–H groups in total. The number of rotatable bonds is 6. The van der Waals surface area contributed by atoms with Crippen LogP contribution in [0.4, 0.5) is 0 Å². The van der Waals surface area contributed by atoms with Gasteiger partial charge in [0, 0.05) is 24.8 Å². The number of hydrogen-bond acceptors (Lipinski definition) is 4. The van der Waals surface area contributed by atoms with Crippen molar-refractivity contribution in [1.29, 1.82) is 0 Å². The van der Waals surface area contributed by atoms with E-state index in [0.29, 0.717) is 24.7 Å². The van der Waals surface area contributed by atoms with Gasteiger partial charge >= 0.3 is 0 Å². The van der Waals surface area contributed by atoms with Crippen LogP contribution in [0.25, 0.3) is 0 Å². The highest BCUT2D eigenvalue weighted by atomic mass is 35.5. The fourth-order valence-electron chi connectivity index (χ4n) is 2.50. The Kier molecular flexibility index (Phi) is 6.23. The molecule has 1 aliphatic heterocycles. The maximum Gasteiger partial charge on any atom is 0.240 e. The number of aliphatic hydroxyl groups excluding tert-OH is 1. The third-order valence-electron chi connectivity index (χ3n) is 4.00. The van der Waals surface area contributed by atoms with Gasteiger partial charge in [0.25, 0.3) is 0 Å². The van der Waals surface area contributed by atoms with Crippen molar-refractivity contribution >= 4 is 21.6 Å². The van der Waals surface area contributed by atoms with E-state index in [1.807, 2.05) is 6.92 Å². The first-order valence-corrected chi connectivity index (χ1v) is 9.28. The van der Waals surface area contributed by atoms with Crippen molar-refractivity contribution in [3.05, 3.63) is 28.8 Å². The summed E-state index contributed by atoms with van der Waals surface area (Å²) < 4.78 is 32.1. The third kappa shape index (κ3) is 4.67. The molecule has 7 heteroatoms. The Bertz CT molecular complexity index is 600. The van der Waals surface area contributed by atoms with Crippen molar-refractivity contribution < 1.29 is 18.3 Å². The summed E-state index contributed by atoms with van der Waals surface area (Å²) in [5.74, 6) is 0.187. The molecule has 2 rings (SSSR count). The molecule has 0 unspecified atom stereocenters. The maximum atomic E-state index is 12.2. The molecule has 1 fully saturated rings. The first kappa shape index (κ1) is 17.7. The fourth-order valence-corrected chi connectivity index (χ4v) is 3.82. The van der Waals surface area contributed by atoms with Crippen LogP contribution in [0.2, 0.25) is 5.02 Å². The van der Waals surface area contributed by atoms with Crippen LogP contribution >= 0.6 is 11.6 Å². The van der Waals surface area contributed by atoms with Gasteiger partial charge in [-0.25, -0.2) is 13.1 Å². The van der Waals surface area contributed by atoms with Crippen LogP contribution in [0.1, 0.15) is 24.8 Å².